The van der Waals surface area contributed by atoms with Gasteiger partial charge >= 0.3 is 0 Å². The number of aryl methyl sites for hydroxylation is 1. The van der Waals surface area contributed by atoms with Gasteiger partial charge in [-0.3, -0.25) is 13.9 Å². The number of hydrogen-bond acceptors (Lipinski definition) is 5. The minimum Gasteiger partial charge on any atom is -0.497 e. The number of anilines is 1. The van der Waals surface area contributed by atoms with E-state index in [2.05, 4.69) is 5.32 Å². The summed E-state index contributed by atoms with van der Waals surface area (Å²) in [5.41, 5.74) is 1.63. The van der Waals surface area contributed by atoms with Crippen LogP contribution in [0.2, 0.25) is 10.0 Å². The van der Waals surface area contributed by atoms with Crippen molar-refractivity contribution in [3.63, 3.8) is 0 Å². The molecule has 11 heteroatoms. The first-order valence-corrected chi connectivity index (χ1v) is 14.4. The van der Waals surface area contributed by atoms with Gasteiger partial charge in [0.1, 0.15) is 18.3 Å². The van der Waals surface area contributed by atoms with Crippen molar-refractivity contribution in [2.24, 2.45) is 0 Å². The van der Waals surface area contributed by atoms with Crippen molar-refractivity contribution in [3.8, 4) is 5.75 Å². The van der Waals surface area contributed by atoms with Gasteiger partial charge in [-0.15, -0.1) is 0 Å². The summed E-state index contributed by atoms with van der Waals surface area (Å²) >= 11 is 12.7. The summed E-state index contributed by atoms with van der Waals surface area (Å²) in [5, 5.41) is 2.72. The highest BCUT2D eigenvalue weighted by Gasteiger charge is 2.34. The summed E-state index contributed by atoms with van der Waals surface area (Å²) in [6.45, 7) is 3.05. The van der Waals surface area contributed by atoms with Crippen LogP contribution in [0.15, 0.2) is 71.6 Å². The Balaban J connectivity index is 2.11. The second-order valence-electron chi connectivity index (χ2n) is 8.81. The number of carbonyl (C=O) groups is 2. The molecule has 0 unspecified atom stereocenters. The van der Waals surface area contributed by atoms with E-state index in [-0.39, 0.29) is 33.1 Å². The molecule has 3 aromatic carbocycles. The highest BCUT2D eigenvalue weighted by molar-refractivity contribution is 7.92. The predicted molar refractivity (Wildman–Crippen MR) is 154 cm³/mol. The van der Waals surface area contributed by atoms with Crippen molar-refractivity contribution < 1.29 is 22.7 Å². The summed E-state index contributed by atoms with van der Waals surface area (Å²) in [5.74, 6) is -0.385. The lowest BCUT2D eigenvalue weighted by Gasteiger charge is -2.33. The average Bonchev–Trinajstić information content (AvgIpc) is 2.93. The van der Waals surface area contributed by atoms with Crippen LogP contribution in [-0.4, -0.2) is 51.9 Å². The minimum absolute atomic E-state index is 0.0136. The molecule has 3 aromatic rings. The van der Waals surface area contributed by atoms with Gasteiger partial charge in [-0.2, -0.15) is 0 Å². The molecule has 0 aliphatic carbocycles. The average molecular weight is 593 g/mol. The fourth-order valence-electron chi connectivity index (χ4n) is 4.09. The molecule has 208 valence electrons. The summed E-state index contributed by atoms with van der Waals surface area (Å²) in [4.78, 5) is 28.1. The maximum absolute atomic E-state index is 14.0. The van der Waals surface area contributed by atoms with E-state index in [1.807, 2.05) is 6.92 Å². The summed E-state index contributed by atoms with van der Waals surface area (Å²) in [7, 11) is -1.24. The Labute approximate surface area is 239 Å². The number of amides is 2. The Morgan fingerprint density at radius 2 is 1.69 bits per heavy atom. The van der Waals surface area contributed by atoms with Crippen molar-refractivity contribution in [1.29, 1.82) is 0 Å². The Bertz CT molecular complexity index is 1430. The van der Waals surface area contributed by atoms with Crippen LogP contribution in [0.3, 0.4) is 0 Å². The minimum atomic E-state index is -4.26. The van der Waals surface area contributed by atoms with E-state index in [0.717, 1.165) is 9.87 Å². The number of nitrogens with one attached hydrogen (secondary N) is 1. The summed E-state index contributed by atoms with van der Waals surface area (Å²) < 4.78 is 34.0. The van der Waals surface area contributed by atoms with Crippen LogP contribution in [0, 0.1) is 6.92 Å². The van der Waals surface area contributed by atoms with Crippen LogP contribution in [0.5, 0.6) is 5.75 Å². The number of ether oxygens (including phenoxy) is 1. The van der Waals surface area contributed by atoms with Crippen molar-refractivity contribution in [2.45, 2.75) is 37.8 Å². The van der Waals surface area contributed by atoms with Gasteiger partial charge in [0.15, 0.2) is 0 Å². The van der Waals surface area contributed by atoms with Crippen molar-refractivity contribution in [1.82, 2.24) is 10.2 Å². The highest BCUT2D eigenvalue weighted by atomic mass is 35.5. The Morgan fingerprint density at radius 3 is 2.31 bits per heavy atom. The lowest BCUT2D eigenvalue weighted by atomic mass is 10.1. The topological polar surface area (TPSA) is 96.0 Å². The van der Waals surface area contributed by atoms with Gasteiger partial charge in [0.05, 0.1) is 27.7 Å². The lowest BCUT2D eigenvalue weighted by molar-refractivity contribution is -0.140. The molecule has 39 heavy (non-hydrogen) atoms. The van der Waals surface area contributed by atoms with Gasteiger partial charge < -0.3 is 15.0 Å². The van der Waals surface area contributed by atoms with Crippen LogP contribution >= 0.6 is 23.2 Å². The molecule has 1 N–H and O–H groups in total. The van der Waals surface area contributed by atoms with Crippen LogP contribution < -0.4 is 14.4 Å². The number of halogens is 2. The van der Waals surface area contributed by atoms with Gasteiger partial charge in [0, 0.05) is 13.6 Å². The maximum atomic E-state index is 14.0. The first-order valence-electron chi connectivity index (χ1n) is 12.2. The van der Waals surface area contributed by atoms with Crippen LogP contribution in [0.25, 0.3) is 0 Å². The zero-order chi connectivity index (χ0) is 28.7. The molecule has 0 radical (unpaired) electrons. The van der Waals surface area contributed by atoms with E-state index < -0.39 is 28.5 Å². The Morgan fingerprint density at radius 1 is 1.03 bits per heavy atom. The lowest BCUT2D eigenvalue weighted by Crippen LogP contribution is -2.51. The molecule has 3 rings (SSSR count). The van der Waals surface area contributed by atoms with Crippen LogP contribution in [-0.2, 0) is 26.2 Å². The number of carbonyl (C=O) groups excluding carboxylic acids is 2. The molecular weight excluding hydrogens is 561 g/mol. The molecule has 0 saturated carbocycles. The molecule has 0 spiro atoms. The molecule has 0 heterocycles. The van der Waals surface area contributed by atoms with E-state index in [0.29, 0.717) is 17.7 Å². The van der Waals surface area contributed by atoms with E-state index >= 15 is 0 Å². The quantitative estimate of drug-likeness (QED) is 0.336. The standard InChI is InChI=1S/C28H31Cl2N3O5S/c1-5-24(28(35)31-3)32(17-20-8-6-9-21(16-20)38-4)26(34)18-33(25-11-7-10-23(29)27(25)30)39(36,37)22-14-12-19(2)13-15-22/h6-16,24H,5,17-18H2,1-4H3,(H,31,35)/t24-/m0/s1. The molecular formula is C28H31Cl2N3O5S. The Kier molecular flexibility index (Phi) is 10.2. The molecule has 0 saturated heterocycles. The highest BCUT2D eigenvalue weighted by Crippen LogP contribution is 2.35. The molecule has 1 atom stereocenters. The maximum Gasteiger partial charge on any atom is 0.264 e. The van der Waals surface area contributed by atoms with Gasteiger partial charge in [0.2, 0.25) is 11.8 Å². The second kappa shape index (κ2) is 13.2. The smallest absolute Gasteiger partial charge is 0.264 e. The summed E-state index contributed by atoms with van der Waals surface area (Å²) in [6, 6.07) is 17.1. The number of nitrogens with zero attached hydrogens (tertiary/aromatic N) is 2. The number of likely N-dealkylation sites (N-methyl/N-ethyl adjacent to an activating group) is 1. The fraction of sp³-hybridized carbons (Fsp3) is 0.286. The number of hydrogen-bond donors (Lipinski definition) is 1. The number of methoxy groups -OCH3 is 1. The number of benzene rings is 3. The molecule has 0 bridgehead atoms. The monoisotopic (exact) mass is 591 g/mol. The zero-order valence-electron chi connectivity index (χ0n) is 22.1. The predicted octanol–water partition coefficient (Wildman–Crippen LogP) is 5.06. The molecule has 2 amide bonds. The third kappa shape index (κ3) is 7.03. The fourth-order valence-corrected chi connectivity index (χ4v) is 5.96. The Hall–Kier alpha value is -3.27. The SMILES string of the molecule is CC[C@@H](C(=O)NC)N(Cc1cccc(OC)c1)C(=O)CN(c1cccc(Cl)c1Cl)S(=O)(=O)c1ccc(C)cc1. The zero-order valence-corrected chi connectivity index (χ0v) is 24.5. The molecule has 0 fully saturated rings. The number of rotatable bonds is 11. The number of sulfonamides is 1. The van der Waals surface area contributed by atoms with Crippen molar-refractivity contribution in [2.75, 3.05) is 25.0 Å². The van der Waals surface area contributed by atoms with Crippen molar-refractivity contribution >= 4 is 50.7 Å². The first kappa shape index (κ1) is 30.3. The van der Waals surface area contributed by atoms with E-state index in [1.54, 1.807) is 49.4 Å². The molecule has 0 aliphatic rings. The third-order valence-corrected chi connectivity index (χ3v) is 8.79. The third-order valence-electron chi connectivity index (χ3n) is 6.21. The first-order chi connectivity index (χ1) is 18.5. The molecule has 0 aliphatic heterocycles. The van der Waals surface area contributed by atoms with E-state index in [9.17, 15) is 18.0 Å². The molecule has 8 nitrogen and oxygen atoms in total. The second-order valence-corrected chi connectivity index (χ2v) is 11.5. The molecule has 0 aromatic heterocycles. The van der Waals surface area contributed by atoms with Crippen LogP contribution in [0.4, 0.5) is 5.69 Å². The van der Waals surface area contributed by atoms with Crippen molar-refractivity contribution in [3.05, 3.63) is 87.9 Å². The normalized spacial score (nSPS) is 11.9. The largest absolute Gasteiger partial charge is 0.497 e. The van der Waals surface area contributed by atoms with E-state index in [1.165, 1.54) is 43.3 Å². The van der Waals surface area contributed by atoms with E-state index in [4.69, 9.17) is 27.9 Å². The van der Waals surface area contributed by atoms with Gasteiger partial charge in [-0.25, -0.2) is 8.42 Å². The van der Waals surface area contributed by atoms with Crippen LogP contribution in [0.1, 0.15) is 24.5 Å². The summed E-state index contributed by atoms with van der Waals surface area (Å²) in [6.07, 6.45) is 0.304. The van der Waals surface area contributed by atoms with Gasteiger partial charge in [-0.05, 0) is 55.3 Å². The van der Waals surface area contributed by atoms with Gasteiger partial charge in [-0.1, -0.05) is 66.0 Å². The van der Waals surface area contributed by atoms with Gasteiger partial charge in [0.25, 0.3) is 10.0 Å².